The van der Waals surface area contributed by atoms with E-state index in [-0.39, 0.29) is 11.7 Å². The van der Waals surface area contributed by atoms with Crippen LogP contribution in [-0.4, -0.2) is 31.8 Å². The molecule has 0 aliphatic carbocycles. The van der Waals surface area contributed by atoms with Gasteiger partial charge in [0.05, 0.1) is 0 Å². The number of hydrogen-bond acceptors (Lipinski definition) is 7. The van der Waals surface area contributed by atoms with Crippen molar-refractivity contribution in [2.75, 3.05) is 12.4 Å². The average molecular weight is 322 g/mol. The van der Waals surface area contributed by atoms with Crippen LogP contribution >= 0.6 is 23.1 Å². The van der Waals surface area contributed by atoms with E-state index < -0.39 is 0 Å². The van der Waals surface area contributed by atoms with E-state index in [4.69, 9.17) is 0 Å². The summed E-state index contributed by atoms with van der Waals surface area (Å²) in [7, 11) is 1.78. The Balaban J connectivity index is 2.10. The third-order valence-corrected chi connectivity index (χ3v) is 4.67. The molecule has 3 heterocycles. The van der Waals surface area contributed by atoms with E-state index in [1.807, 2.05) is 25.3 Å². The summed E-state index contributed by atoms with van der Waals surface area (Å²) < 4.78 is 1.62. The van der Waals surface area contributed by atoms with Gasteiger partial charge in [-0.05, 0) is 37.1 Å². The van der Waals surface area contributed by atoms with E-state index >= 15 is 0 Å². The summed E-state index contributed by atoms with van der Waals surface area (Å²) in [6, 6.07) is 2.01. The number of anilines is 1. The van der Waals surface area contributed by atoms with Crippen LogP contribution in [-0.2, 0) is 0 Å². The lowest BCUT2D eigenvalue weighted by molar-refractivity contribution is 0.534. The second-order valence-electron chi connectivity index (χ2n) is 4.62. The Morgan fingerprint density at radius 1 is 1.43 bits per heavy atom. The van der Waals surface area contributed by atoms with Gasteiger partial charge in [-0.2, -0.15) is 0 Å². The lowest BCUT2D eigenvalue weighted by Crippen LogP contribution is -2.19. The molecule has 0 aliphatic rings. The van der Waals surface area contributed by atoms with Crippen LogP contribution in [0.3, 0.4) is 0 Å². The Bertz CT molecular complexity index is 834. The van der Waals surface area contributed by atoms with Crippen molar-refractivity contribution in [1.29, 1.82) is 0 Å². The van der Waals surface area contributed by atoms with Crippen molar-refractivity contribution in [1.82, 2.24) is 24.7 Å². The first-order valence-electron chi connectivity index (χ1n) is 6.38. The quantitative estimate of drug-likeness (QED) is 0.717. The molecule has 21 heavy (non-hydrogen) atoms. The number of hydrogen-bond donors (Lipinski definition) is 2. The molecular weight excluding hydrogens is 308 g/mol. The molecule has 0 saturated heterocycles. The molecule has 2 N–H and O–H groups in total. The first-order valence-corrected chi connectivity index (χ1v) is 8.07. The molecule has 0 amide bonds. The Kier molecular flexibility index (Phi) is 3.68. The molecule has 110 valence electrons. The zero-order chi connectivity index (χ0) is 15.0. The molecule has 0 spiro atoms. The van der Waals surface area contributed by atoms with Crippen LogP contribution in [0.5, 0.6) is 0 Å². The number of rotatable bonds is 4. The summed E-state index contributed by atoms with van der Waals surface area (Å²) in [5.74, 6) is 0.557. The Morgan fingerprint density at radius 2 is 2.24 bits per heavy atom. The summed E-state index contributed by atoms with van der Waals surface area (Å²) in [5.41, 5.74) is -0.211. The van der Waals surface area contributed by atoms with Crippen LogP contribution in [0.2, 0.25) is 0 Å². The number of thiophene rings is 1. The highest BCUT2D eigenvalue weighted by Crippen LogP contribution is 2.33. The standard InChI is InChI=1S/C12H14N6OS2/c1-6(2)18-11(19)16-17-12(18)21-9-7-4-5-20-8(7)14-10(13-3)15-9/h4-6H,1-3H3,(H,16,19)(H,13,14,15). The van der Waals surface area contributed by atoms with E-state index in [1.54, 1.807) is 23.0 Å². The minimum atomic E-state index is -0.211. The summed E-state index contributed by atoms with van der Waals surface area (Å²) >= 11 is 2.92. The van der Waals surface area contributed by atoms with Gasteiger partial charge in [-0.25, -0.2) is 19.9 Å². The number of nitrogens with zero attached hydrogens (tertiary/aromatic N) is 4. The molecule has 9 heteroatoms. The summed E-state index contributed by atoms with van der Waals surface area (Å²) in [6.45, 7) is 3.89. The molecule has 0 bridgehead atoms. The highest BCUT2D eigenvalue weighted by Gasteiger charge is 2.16. The van der Waals surface area contributed by atoms with Crippen LogP contribution in [0.15, 0.2) is 26.4 Å². The first-order chi connectivity index (χ1) is 10.1. The van der Waals surface area contributed by atoms with Crippen LogP contribution in [0.4, 0.5) is 5.95 Å². The second kappa shape index (κ2) is 5.49. The molecule has 0 aromatic carbocycles. The van der Waals surface area contributed by atoms with E-state index in [9.17, 15) is 4.79 Å². The normalized spacial score (nSPS) is 11.4. The number of fused-ring (bicyclic) bond motifs is 1. The minimum Gasteiger partial charge on any atom is -0.357 e. The van der Waals surface area contributed by atoms with Gasteiger partial charge in [0.2, 0.25) is 5.95 Å². The predicted molar refractivity (Wildman–Crippen MR) is 84.3 cm³/mol. The molecular formula is C12H14N6OS2. The van der Waals surface area contributed by atoms with Gasteiger partial charge in [0.25, 0.3) is 0 Å². The Morgan fingerprint density at radius 3 is 2.95 bits per heavy atom. The Hall–Kier alpha value is -1.87. The number of aromatic amines is 1. The molecule has 0 radical (unpaired) electrons. The molecule has 0 fully saturated rings. The van der Waals surface area contributed by atoms with Crippen molar-refractivity contribution in [2.45, 2.75) is 30.1 Å². The maximum absolute atomic E-state index is 11.8. The maximum Gasteiger partial charge on any atom is 0.344 e. The number of aromatic nitrogens is 5. The van der Waals surface area contributed by atoms with E-state index in [1.165, 1.54) is 11.8 Å². The maximum atomic E-state index is 11.8. The zero-order valence-corrected chi connectivity index (χ0v) is 13.4. The van der Waals surface area contributed by atoms with Gasteiger partial charge in [0.1, 0.15) is 9.86 Å². The van der Waals surface area contributed by atoms with E-state index in [0.717, 1.165) is 15.2 Å². The highest BCUT2D eigenvalue weighted by molar-refractivity contribution is 7.99. The van der Waals surface area contributed by atoms with Crippen molar-refractivity contribution in [3.63, 3.8) is 0 Å². The second-order valence-corrected chi connectivity index (χ2v) is 6.47. The molecule has 0 aliphatic heterocycles. The third-order valence-electron chi connectivity index (χ3n) is 2.89. The molecule has 3 aromatic rings. The topological polar surface area (TPSA) is 88.5 Å². The van der Waals surface area contributed by atoms with Crippen LogP contribution in [0.1, 0.15) is 19.9 Å². The van der Waals surface area contributed by atoms with Gasteiger partial charge >= 0.3 is 5.69 Å². The monoisotopic (exact) mass is 322 g/mol. The van der Waals surface area contributed by atoms with Gasteiger partial charge in [-0.1, -0.05) is 0 Å². The lowest BCUT2D eigenvalue weighted by atomic mass is 10.4. The van der Waals surface area contributed by atoms with Crippen molar-refractivity contribution < 1.29 is 0 Å². The van der Waals surface area contributed by atoms with Crippen molar-refractivity contribution in [3.8, 4) is 0 Å². The molecule has 0 saturated carbocycles. The summed E-state index contributed by atoms with van der Waals surface area (Å²) in [4.78, 5) is 21.6. The number of H-pyrrole nitrogens is 1. The molecule has 3 aromatic heterocycles. The zero-order valence-electron chi connectivity index (χ0n) is 11.7. The van der Waals surface area contributed by atoms with E-state index in [0.29, 0.717) is 11.1 Å². The van der Waals surface area contributed by atoms with Gasteiger partial charge in [0, 0.05) is 18.5 Å². The highest BCUT2D eigenvalue weighted by atomic mass is 32.2. The lowest BCUT2D eigenvalue weighted by Gasteiger charge is -2.09. The van der Waals surface area contributed by atoms with Crippen molar-refractivity contribution >= 4 is 39.3 Å². The molecule has 3 rings (SSSR count). The molecule has 0 atom stereocenters. The van der Waals surface area contributed by atoms with Gasteiger partial charge < -0.3 is 5.32 Å². The number of nitrogens with one attached hydrogen (secondary N) is 2. The molecule has 7 nitrogen and oxygen atoms in total. The fourth-order valence-corrected chi connectivity index (χ4v) is 3.81. The van der Waals surface area contributed by atoms with Gasteiger partial charge in [-0.3, -0.25) is 4.57 Å². The third kappa shape index (κ3) is 2.54. The Labute approximate surface area is 128 Å². The SMILES string of the molecule is CNc1nc(Sc2n[nH]c(=O)n2C(C)C)c2ccsc2n1. The van der Waals surface area contributed by atoms with Crippen molar-refractivity contribution in [3.05, 3.63) is 21.9 Å². The smallest absolute Gasteiger partial charge is 0.344 e. The van der Waals surface area contributed by atoms with Crippen LogP contribution in [0.25, 0.3) is 10.2 Å². The van der Waals surface area contributed by atoms with Gasteiger partial charge in [0.15, 0.2) is 5.16 Å². The minimum absolute atomic E-state index is 0.0299. The first kappa shape index (κ1) is 14.1. The molecule has 0 unspecified atom stereocenters. The average Bonchev–Trinajstić information content (AvgIpc) is 3.05. The predicted octanol–water partition coefficient (Wildman–Crippen LogP) is 2.35. The summed E-state index contributed by atoms with van der Waals surface area (Å²) in [6.07, 6.45) is 0. The fourth-order valence-electron chi connectivity index (χ4n) is 1.92. The van der Waals surface area contributed by atoms with E-state index in [2.05, 4.69) is 25.5 Å². The summed E-state index contributed by atoms with van der Waals surface area (Å²) in [5, 5.41) is 13.9. The van der Waals surface area contributed by atoms with Crippen molar-refractivity contribution in [2.24, 2.45) is 0 Å². The fraction of sp³-hybridized carbons (Fsp3) is 0.333. The van der Waals surface area contributed by atoms with Gasteiger partial charge in [-0.15, -0.1) is 16.4 Å². The van der Waals surface area contributed by atoms with Crippen LogP contribution in [0, 0.1) is 0 Å². The largest absolute Gasteiger partial charge is 0.357 e. The van der Waals surface area contributed by atoms with Crippen LogP contribution < -0.4 is 11.0 Å².